The molecule has 0 aliphatic carbocycles. The van der Waals surface area contributed by atoms with Crippen LogP contribution < -0.4 is 5.32 Å². The van der Waals surface area contributed by atoms with Gasteiger partial charge < -0.3 is 4.74 Å². The van der Waals surface area contributed by atoms with Crippen LogP contribution in [0, 0.1) is 17.3 Å². The Labute approximate surface area is 153 Å². The fraction of sp³-hybridized carbons (Fsp3) is 0.550. The molecule has 2 fully saturated rings. The Morgan fingerprint density at radius 3 is 2.35 bits per heavy atom. The van der Waals surface area contributed by atoms with Crippen LogP contribution in [-0.2, 0) is 24.7 Å². The third-order valence-electron chi connectivity index (χ3n) is 5.45. The van der Waals surface area contributed by atoms with Gasteiger partial charge in [0.05, 0.1) is 18.9 Å². The molecule has 0 aromatic heterocycles. The lowest BCUT2D eigenvalue weighted by Gasteiger charge is -2.33. The number of methoxy groups -OCH3 is 1. The lowest BCUT2D eigenvalue weighted by molar-refractivity contribution is -0.154. The van der Waals surface area contributed by atoms with Crippen molar-refractivity contribution in [3.8, 4) is 0 Å². The van der Waals surface area contributed by atoms with Crippen molar-refractivity contribution in [3.05, 3.63) is 35.9 Å². The number of carbonyl (C=O) groups excluding carboxylic acids is 3. The number of imide groups is 1. The second-order valence-electron chi connectivity index (χ2n) is 8.42. The number of rotatable bonds is 3. The zero-order valence-electron chi connectivity index (χ0n) is 15.9. The maximum atomic E-state index is 13.0. The third kappa shape index (κ3) is 2.63. The summed E-state index contributed by atoms with van der Waals surface area (Å²) >= 11 is 0. The molecule has 6 nitrogen and oxygen atoms in total. The fourth-order valence-corrected chi connectivity index (χ4v) is 4.43. The molecular formula is C20H26N2O4. The number of esters is 1. The molecule has 2 heterocycles. The van der Waals surface area contributed by atoms with E-state index in [1.54, 1.807) is 12.1 Å². The van der Waals surface area contributed by atoms with Crippen LogP contribution in [0.25, 0.3) is 0 Å². The molecule has 0 spiro atoms. The molecule has 1 aromatic rings. The number of ether oxygens (including phenoxy) is 1. The molecule has 2 aliphatic rings. The predicted molar refractivity (Wildman–Crippen MR) is 95.9 cm³/mol. The van der Waals surface area contributed by atoms with Crippen LogP contribution in [-0.4, -0.2) is 42.9 Å². The van der Waals surface area contributed by atoms with Gasteiger partial charge in [-0.15, -0.1) is 0 Å². The van der Waals surface area contributed by atoms with Gasteiger partial charge in [0.25, 0.3) is 0 Å². The van der Waals surface area contributed by atoms with E-state index in [0.29, 0.717) is 12.0 Å². The Balaban J connectivity index is 2.19. The third-order valence-corrected chi connectivity index (χ3v) is 5.45. The molecule has 0 saturated carbocycles. The van der Waals surface area contributed by atoms with Crippen LogP contribution in [0.3, 0.4) is 0 Å². The van der Waals surface area contributed by atoms with Gasteiger partial charge in [-0.1, -0.05) is 51.1 Å². The van der Waals surface area contributed by atoms with Gasteiger partial charge in [-0.3, -0.25) is 19.8 Å². The molecular weight excluding hydrogens is 332 g/mol. The first kappa shape index (κ1) is 18.6. The fourth-order valence-electron chi connectivity index (χ4n) is 4.43. The van der Waals surface area contributed by atoms with Crippen molar-refractivity contribution < 1.29 is 19.1 Å². The minimum absolute atomic E-state index is 0.0738. The molecule has 4 atom stereocenters. The monoisotopic (exact) mass is 358 g/mol. The second kappa shape index (κ2) is 6.20. The van der Waals surface area contributed by atoms with Crippen LogP contribution in [0.5, 0.6) is 0 Å². The molecule has 2 aliphatic heterocycles. The van der Waals surface area contributed by atoms with Crippen molar-refractivity contribution in [2.24, 2.45) is 17.3 Å². The average molecular weight is 358 g/mol. The maximum absolute atomic E-state index is 13.0. The molecule has 26 heavy (non-hydrogen) atoms. The van der Waals surface area contributed by atoms with Gasteiger partial charge in [0.1, 0.15) is 0 Å². The first-order valence-corrected chi connectivity index (χ1v) is 8.86. The summed E-state index contributed by atoms with van der Waals surface area (Å²) in [6, 6.07) is 8.80. The molecule has 2 saturated heterocycles. The Morgan fingerprint density at radius 2 is 1.81 bits per heavy atom. The SMILES string of the molecule is COC(=O)[C@]1(c2ccccc2)N[C@H](CC(C)(C)C)[C@@H]2C(=O)N(C)C(=O)[C@@H]21. The maximum Gasteiger partial charge on any atom is 0.331 e. The van der Waals surface area contributed by atoms with Crippen molar-refractivity contribution in [2.75, 3.05) is 14.2 Å². The number of carbonyl (C=O) groups is 3. The minimum atomic E-state index is -1.35. The number of fused-ring (bicyclic) bond motifs is 1. The van der Waals surface area contributed by atoms with Crippen LogP contribution in [0.15, 0.2) is 30.3 Å². The molecule has 2 amide bonds. The highest BCUT2D eigenvalue weighted by molar-refractivity contribution is 6.09. The highest BCUT2D eigenvalue weighted by Crippen LogP contribution is 2.50. The van der Waals surface area contributed by atoms with E-state index in [1.165, 1.54) is 14.2 Å². The van der Waals surface area contributed by atoms with Gasteiger partial charge in [-0.25, -0.2) is 4.79 Å². The van der Waals surface area contributed by atoms with Crippen molar-refractivity contribution >= 4 is 17.8 Å². The molecule has 3 rings (SSSR count). The highest BCUT2D eigenvalue weighted by atomic mass is 16.5. The van der Waals surface area contributed by atoms with Crippen LogP contribution >= 0.6 is 0 Å². The molecule has 0 radical (unpaired) electrons. The van der Waals surface area contributed by atoms with E-state index in [0.717, 1.165) is 4.90 Å². The van der Waals surface area contributed by atoms with Gasteiger partial charge in [-0.05, 0) is 17.4 Å². The van der Waals surface area contributed by atoms with E-state index >= 15 is 0 Å². The predicted octanol–water partition coefficient (Wildman–Crippen LogP) is 1.69. The number of benzene rings is 1. The smallest absolute Gasteiger partial charge is 0.331 e. The second-order valence-corrected chi connectivity index (χ2v) is 8.42. The zero-order chi connectivity index (χ0) is 19.3. The minimum Gasteiger partial charge on any atom is -0.467 e. The molecule has 1 N–H and O–H groups in total. The molecule has 0 bridgehead atoms. The lowest BCUT2D eigenvalue weighted by atomic mass is 9.74. The Kier molecular flexibility index (Phi) is 4.43. The standard InChI is InChI=1S/C20H26N2O4/c1-19(2,3)11-13-14-15(17(24)22(4)16(14)23)20(21-13,18(25)26-5)12-9-7-6-8-10-12/h6-10,13-15,21H,11H2,1-5H3/t13-,14+,15-,20-/m1/s1. The van der Waals surface area contributed by atoms with Crippen molar-refractivity contribution in [1.29, 1.82) is 0 Å². The summed E-state index contributed by atoms with van der Waals surface area (Å²) in [5.41, 5.74) is -0.779. The summed E-state index contributed by atoms with van der Waals surface area (Å²) in [5, 5.41) is 3.37. The molecule has 6 heteroatoms. The van der Waals surface area contributed by atoms with Crippen molar-refractivity contribution in [3.63, 3.8) is 0 Å². The number of hydrogen-bond donors (Lipinski definition) is 1. The van der Waals surface area contributed by atoms with E-state index in [1.807, 2.05) is 18.2 Å². The number of nitrogens with zero attached hydrogens (tertiary/aromatic N) is 1. The number of hydrogen-bond acceptors (Lipinski definition) is 5. The summed E-state index contributed by atoms with van der Waals surface area (Å²) in [5.74, 6) is -2.48. The summed E-state index contributed by atoms with van der Waals surface area (Å²) in [6.07, 6.45) is 0.659. The number of likely N-dealkylation sites (tertiary alicyclic amines) is 1. The van der Waals surface area contributed by atoms with E-state index in [4.69, 9.17) is 4.74 Å². The largest absolute Gasteiger partial charge is 0.467 e. The summed E-state index contributed by atoms with van der Waals surface area (Å²) in [7, 11) is 2.80. The lowest BCUT2D eigenvalue weighted by Crippen LogP contribution is -2.54. The normalized spacial score (nSPS) is 31.3. The van der Waals surface area contributed by atoms with Crippen LogP contribution in [0.1, 0.15) is 32.8 Å². The van der Waals surface area contributed by atoms with Gasteiger partial charge in [0.15, 0.2) is 5.54 Å². The topological polar surface area (TPSA) is 75.7 Å². The number of nitrogens with one attached hydrogen (secondary N) is 1. The van der Waals surface area contributed by atoms with Gasteiger partial charge >= 0.3 is 5.97 Å². The van der Waals surface area contributed by atoms with Crippen LogP contribution in [0.2, 0.25) is 0 Å². The number of amides is 2. The van der Waals surface area contributed by atoms with Gasteiger partial charge in [-0.2, -0.15) is 0 Å². The van der Waals surface area contributed by atoms with E-state index in [9.17, 15) is 14.4 Å². The Hall–Kier alpha value is -2.21. The van der Waals surface area contributed by atoms with E-state index < -0.39 is 23.3 Å². The average Bonchev–Trinajstić information content (AvgIpc) is 3.04. The summed E-state index contributed by atoms with van der Waals surface area (Å²) in [6.45, 7) is 6.24. The van der Waals surface area contributed by atoms with Crippen molar-refractivity contribution in [2.45, 2.75) is 38.8 Å². The van der Waals surface area contributed by atoms with E-state index in [2.05, 4.69) is 26.1 Å². The van der Waals surface area contributed by atoms with Gasteiger partial charge in [0.2, 0.25) is 11.8 Å². The quantitative estimate of drug-likeness (QED) is 0.657. The molecule has 140 valence electrons. The Bertz CT molecular complexity index is 740. The van der Waals surface area contributed by atoms with Gasteiger partial charge in [0, 0.05) is 13.1 Å². The Morgan fingerprint density at radius 1 is 1.19 bits per heavy atom. The first-order valence-electron chi connectivity index (χ1n) is 8.86. The zero-order valence-corrected chi connectivity index (χ0v) is 15.9. The first-order chi connectivity index (χ1) is 12.1. The van der Waals surface area contributed by atoms with E-state index in [-0.39, 0.29) is 23.3 Å². The van der Waals surface area contributed by atoms with Crippen molar-refractivity contribution in [1.82, 2.24) is 10.2 Å². The summed E-state index contributed by atoms with van der Waals surface area (Å²) in [4.78, 5) is 40.0. The van der Waals surface area contributed by atoms with Crippen LogP contribution in [0.4, 0.5) is 0 Å². The molecule has 0 unspecified atom stereocenters. The highest BCUT2D eigenvalue weighted by Gasteiger charge is 2.68. The molecule has 1 aromatic carbocycles. The summed E-state index contributed by atoms with van der Waals surface area (Å²) < 4.78 is 5.11.